The summed E-state index contributed by atoms with van der Waals surface area (Å²) in [6.45, 7) is 4.51. The van der Waals surface area contributed by atoms with E-state index >= 15 is 0 Å². The molecule has 2 unspecified atom stereocenters. The maximum atomic E-state index is 5.59. The molecule has 0 amide bonds. The first-order chi connectivity index (χ1) is 8.24. The van der Waals surface area contributed by atoms with Crippen LogP contribution < -0.4 is 10.6 Å². The van der Waals surface area contributed by atoms with E-state index in [2.05, 4.69) is 21.8 Å². The highest BCUT2D eigenvalue weighted by Crippen LogP contribution is 2.22. The van der Waals surface area contributed by atoms with Gasteiger partial charge < -0.3 is 15.4 Å². The number of nitrogens with zero attached hydrogens (tertiary/aromatic N) is 3. The first-order valence-corrected chi connectivity index (χ1v) is 6.04. The van der Waals surface area contributed by atoms with Crippen LogP contribution in [0.3, 0.4) is 0 Å². The largest absolute Gasteiger partial charge is 0.379 e. The average Bonchev–Trinajstić information content (AvgIpc) is 2.39. The second kappa shape index (κ2) is 5.42. The second-order valence-electron chi connectivity index (χ2n) is 4.54. The fraction of sp³-hybridized carbons (Fsp3) is 0.667. The molecule has 0 bridgehead atoms. The molecular weight excluding hydrogens is 216 g/mol. The second-order valence-corrected chi connectivity index (χ2v) is 4.54. The van der Waals surface area contributed by atoms with E-state index in [0.29, 0.717) is 12.5 Å². The maximum absolute atomic E-state index is 5.59. The molecule has 2 N–H and O–H groups in total. The molecule has 0 aromatic carbocycles. The molecule has 94 valence electrons. The van der Waals surface area contributed by atoms with Crippen molar-refractivity contribution in [3.63, 3.8) is 0 Å². The number of hydrogen-bond donors (Lipinski definition) is 1. The molecule has 1 fully saturated rings. The van der Waals surface area contributed by atoms with E-state index in [1.165, 1.54) is 0 Å². The highest BCUT2D eigenvalue weighted by Gasteiger charge is 2.27. The monoisotopic (exact) mass is 236 g/mol. The lowest BCUT2D eigenvalue weighted by Gasteiger charge is -2.36. The standard InChI is InChI=1S/C12H20N4O/c1-9-4-6-16(8-11(9)17-2)12-14-5-3-10(7-13)15-12/h3,5,9,11H,4,6-8,13H2,1-2H3. The lowest BCUT2D eigenvalue weighted by Crippen LogP contribution is -2.44. The molecule has 1 aromatic heterocycles. The van der Waals surface area contributed by atoms with Crippen LogP contribution in [0.25, 0.3) is 0 Å². The van der Waals surface area contributed by atoms with E-state index in [1.54, 1.807) is 13.3 Å². The number of ether oxygens (including phenoxy) is 1. The van der Waals surface area contributed by atoms with Crippen molar-refractivity contribution in [2.45, 2.75) is 26.0 Å². The Morgan fingerprint density at radius 3 is 3.12 bits per heavy atom. The molecule has 0 saturated carbocycles. The SMILES string of the molecule is COC1CN(c2nccc(CN)n2)CCC1C. The van der Waals surface area contributed by atoms with E-state index in [4.69, 9.17) is 10.5 Å². The van der Waals surface area contributed by atoms with Gasteiger partial charge in [0, 0.05) is 32.9 Å². The zero-order chi connectivity index (χ0) is 12.3. The van der Waals surface area contributed by atoms with Crippen molar-refractivity contribution in [3.05, 3.63) is 18.0 Å². The number of anilines is 1. The Hall–Kier alpha value is -1.20. The van der Waals surface area contributed by atoms with Crippen molar-refractivity contribution in [2.75, 3.05) is 25.1 Å². The third-order valence-electron chi connectivity index (χ3n) is 3.38. The lowest BCUT2D eigenvalue weighted by molar-refractivity contribution is 0.0494. The predicted molar refractivity (Wildman–Crippen MR) is 66.7 cm³/mol. The molecule has 2 rings (SSSR count). The van der Waals surface area contributed by atoms with Gasteiger partial charge in [-0.1, -0.05) is 6.92 Å². The lowest BCUT2D eigenvalue weighted by atomic mass is 9.96. The van der Waals surface area contributed by atoms with E-state index < -0.39 is 0 Å². The molecule has 0 radical (unpaired) electrons. The van der Waals surface area contributed by atoms with Crippen LogP contribution in [0.15, 0.2) is 12.3 Å². The van der Waals surface area contributed by atoms with Gasteiger partial charge in [-0.2, -0.15) is 0 Å². The summed E-state index contributed by atoms with van der Waals surface area (Å²) in [6.07, 6.45) is 3.13. The topological polar surface area (TPSA) is 64.3 Å². The summed E-state index contributed by atoms with van der Waals surface area (Å²) < 4.78 is 5.49. The van der Waals surface area contributed by atoms with Gasteiger partial charge in [-0.25, -0.2) is 9.97 Å². The average molecular weight is 236 g/mol. The summed E-state index contributed by atoms with van der Waals surface area (Å²) in [5.74, 6) is 1.36. The molecule has 17 heavy (non-hydrogen) atoms. The van der Waals surface area contributed by atoms with Crippen molar-refractivity contribution < 1.29 is 4.74 Å². The molecule has 0 aliphatic carbocycles. The van der Waals surface area contributed by atoms with Gasteiger partial charge in [0.25, 0.3) is 0 Å². The Morgan fingerprint density at radius 2 is 2.41 bits per heavy atom. The molecule has 1 aromatic rings. The van der Waals surface area contributed by atoms with Crippen molar-refractivity contribution in [3.8, 4) is 0 Å². The Labute approximate surface area is 102 Å². The third kappa shape index (κ3) is 2.73. The van der Waals surface area contributed by atoms with Crippen molar-refractivity contribution >= 4 is 5.95 Å². The first-order valence-electron chi connectivity index (χ1n) is 6.04. The molecule has 0 spiro atoms. The van der Waals surface area contributed by atoms with Crippen molar-refractivity contribution in [2.24, 2.45) is 11.7 Å². The van der Waals surface area contributed by atoms with E-state index in [0.717, 1.165) is 31.2 Å². The van der Waals surface area contributed by atoms with Crippen LogP contribution in [0.5, 0.6) is 0 Å². The van der Waals surface area contributed by atoms with E-state index in [9.17, 15) is 0 Å². The summed E-state index contributed by atoms with van der Waals surface area (Å²) >= 11 is 0. The summed E-state index contributed by atoms with van der Waals surface area (Å²) in [6, 6.07) is 1.85. The maximum Gasteiger partial charge on any atom is 0.225 e. The van der Waals surface area contributed by atoms with Crippen molar-refractivity contribution in [1.82, 2.24) is 9.97 Å². The van der Waals surface area contributed by atoms with E-state index in [-0.39, 0.29) is 6.10 Å². The highest BCUT2D eigenvalue weighted by atomic mass is 16.5. The van der Waals surface area contributed by atoms with Gasteiger partial charge in [-0.3, -0.25) is 0 Å². The van der Waals surface area contributed by atoms with Crippen LogP contribution in [0.2, 0.25) is 0 Å². The molecule has 2 atom stereocenters. The summed E-state index contributed by atoms with van der Waals surface area (Å²) in [7, 11) is 1.77. The van der Waals surface area contributed by atoms with Gasteiger partial charge in [0.15, 0.2) is 0 Å². The minimum absolute atomic E-state index is 0.258. The quantitative estimate of drug-likeness (QED) is 0.841. The number of piperidine rings is 1. The zero-order valence-electron chi connectivity index (χ0n) is 10.5. The van der Waals surface area contributed by atoms with Gasteiger partial charge in [0.1, 0.15) is 0 Å². The molecular formula is C12H20N4O. The van der Waals surface area contributed by atoms with Gasteiger partial charge in [-0.05, 0) is 18.4 Å². The predicted octanol–water partition coefficient (Wildman–Crippen LogP) is 0.796. The van der Waals surface area contributed by atoms with Crippen LogP contribution in [0.4, 0.5) is 5.95 Å². The first kappa shape index (κ1) is 12.3. The molecule has 5 heteroatoms. The molecule has 5 nitrogen and oxygen atoms in total. The number of aromatic nitrogens is 2. The highest BCUT2D eigenvalue weighted by molar-refractivity contribution is 5.31. The fourth-order valence-electron chi connectivity index (χ4n) is 2.17. The van der Waals surface area contributed by atoms with Crippen LogP contribution in [-0.2, 0) is 11.3 Å². The van der Waals surface area contributed by atoms with Crippen LogP contribution in [0, 0.1) is 5.92 Å². The normalized spacial score (nSPS) is 25.0. The van der Waals surface area contributed by atoms with Crippen LogP contribution in [-0.4, -0.2) is 36.3 Å². The number of nitrogens with two attached hydrogens (primary N) is 1. The molecule has 1 saturated heterocycles. The Morgan fingerprint density at radius 1 is 1.59 bits per heavy atom. The fourth-order valence-corrected chi connectivity index (χ4v) is 2.17. The Bertz CT molecular complexity index is 371. The Balaban J connectivity index is 2.11. The Kier molecular flexibility index (Phi) is 3.91. The summed E-state index contributed by atoms with van der Waals surface area (Å²) in [5.41, 5.74) is 6.47. The van der Waals surface area contributed by atoms with Gasteiger partial charge in [0.2, 0.25) is 5.95 Å². The van der Waals surface area contributed by atoms with Crippen LogP contribution >= 0.6 is 0 Å². The van der Waals surface area contributed by atoms with Crippen molar-refractivity contribution in [1.29, 1.82) is 0 Å². The minimum Gasteiger partial charge on any atom is -0.379 e. The zero-order valence-corrected chi connectivity index (χ0v) is 10.5. The third-order valence-corrected chi connectivity index (χ3v) is 3.38. The summed E-state index contributed by atoms with van der Waals surface area (Å²) in [4.78, 5) is 10.9. The molecule has 1 aliphatic heterocycles. The van der Waals surface area contributed by atoms with Gasteiger partial charge in [0.05, 0.1) is 11.8 Å². The molecule has 2 heterocycles. The number of rotatable bonds is 3. The van der Waals surface area contributed by atoms with Gasteiger partial charge in [-0.15, -0.1) is 0 Å². The smallest absolute Gasteiger partial charge is 0.225 e. The summed E-state index contributed by atoms with van der Waals surface area (Å²) in [5, 5.41) is 0. The molecule has 1 aliphatic rings. The van der Waals surface area contributed by atoms with Gasteiger partial charge >= 0.3 is 0 Å². The van der Waals surface area contributed by atoms with Crippen LogP contribution in [0.1, 0.15) is 19.0 Å². The minimum atomic E-state index is 0.258. The number of methoxy groups -OCH3 is 1. The number of hydrogen-bond acceptors (Lipinski definition) is 5. The van der Waals surface area contributed by atoms with E-state index in [1.807, 2.05) is 6.07 Å².